The monoisotopic (exact) mass is 844 g/mol. The van der Waals surface area contributed by atoms with Crippen molar-refractivity contribution in [3.8, 4) is 0 Å². The molecule has 27 heteroatoms. The first-order valence-electron chi connectivity index (χ1n) is 19.2. The third kappa shape index (κ3) is 10.8. The summed E-state index contributed by atoms with van der Waals surface area (Å²) in [5.74, 6) is 0. The van der Waals surface area contributed by atoms with Gasteiger partial charge < -0.3 is 54.0 Å². The molecule has 326 valence electrons. The predicted octanol–water partition coefficient (Wildman–Crippen LogP) is 2.87. The Morgan fingerprint density at radius 3 is 1.98 bits per heavy atom. The van der Waals surface area contributed by atoms with Gasteiger partial charge in [-0.15, -0.1) is 0 Å². The molecule has 0 aromatic heterocycles. The SMILES string of the molecule is CC[C@H]([C@@H]1CCC(N=[N+]=[N-])C(O[C@@H]2C(N=[N+]=[N-])CC(N=[N+]=[N-])[C@H](O)[C@H]2O[C@@H]2O[C@H](CO)[C@@H](O[C@H]3O[C@@H](CN=[N+]=[N-])[C@@H](O)[C@H](O)C3N=[N+]=[N-])[C@H]2O)O1)N(C)Cc1ccccc1. The predicted molar refractivity (Wildman–Crippen MR) is 203 cm³/mol. The van der Waals surface area contributed by atoms with Crippen molar-refractivity contribution in [1.29, 1.82) is 0 Å². The normalized spacial score (nSPS) is 38.2. The molecule has 1 aromatic rings. The molecule has 0 amide bonds. The first-order chi connectivity index (χ1) is 29.0. The highest BCUT2D eigenvalue weighted by molar-refractivity contribution is 5.14. The summed E-state index contributed by atoms with van der Waals surface area (Å²) in [5, 5.41) is 73.0. The van der Waals surface area contributed by atoms with Crippen LogP contribution >= 0.6 is 0 Å². The van der Waals surface area contributed by atoms with Crippen molar-refractivity contribution in [3.63, 3.8) is 0 Å². The van der Waals surface area contributed by atoms with Crippen LogP contribution in [0, 0.1) is 0 Å². The molecule has 5 rings (SSSR count). The second-order valence-electron chi connectivity index (χ2n) is 14.7. The molecule has 1 saturated carbocycles. The molecule has 1 aromatic carbocycles. The molecule has 3 saturated heterocycles. The van der Waals surface area contributed by atoms with Gasteiger partial charge in [0.15, 0.2) is 18.9 Å². The molecular formula is C33H48N16O11. The number of rotatable bonds is 18. The van der Waals surface area contributed by atoms with Crippen LogP contribution < -0.4 is 0 Å². The van der Waals surface area contributed by atoms with E-state index in [4.69, 9.17) is 34.0 Å². The third-order valence-electron chi connectivity index (χ3n) is 11.1. The lowest BCUT2D eigenvalue weighted by Gasteiger charge is -2.46. The number of azide groups is 5. The van der Waals surface area contributed by atoms with Crippen molar-refractivity contribution >= 4 is 0 Å². The first-order valence-corrected chi connectivity index (χ1v) is 19.2. The van der Waals surface area contributed by atoms with Crippen LogP contribution in [0.2, 0.25) is 0 Å². The average molecular weight is 845 g/mol. The maximum atomic E-state index is 11.6. The van der Waals surface area contributed by atoms with E-state index in [2.05, 4.69) is 55.0 Å². The molecule has 5 N–H and O–H groups in total. The van der Waals surface area contributed by atoms with Crippen molar-refractivity contribution in [2.75, 3.05) is 20.2 Å². The molecule has 0 bridgehead atoms. The molecule has 3 heterocycles. The van der Waals surface area contributed by atoms with Crippen LogP contribution in [0.1, 0.15) is 38.2 Å². The van der Waals surface area contributed by atoms with E-state index in [0.29, 0.717) is 25.8 Å². The van der Waals surface area contributed by atoms with Crippen LogP contribution in [-0.4, -0.2) is 161 Å². The molecule has 0 radical (unpaired) electrons. The zero-order valence-corrected chi connectivity index (χ0v) is 32.6. The number of nitrogens with zero attached hydrogens (tertiary/aromatic N) is 16. The van der Waals surface area contributed by atoms with Crippen molar-refractivity contribution in [3.05, 3.63) is 88.1 Å². The average Bonchev–Trinajstić information content (AvgIpc) is 3.54. The third-order valence-corrected chi connectivity index (χ3v) is 11.1. The first kappa shape index (κ1) is 46.4. The van der Waals surface area contributed by atoms with Gasteiger partial charge in [-0.1, -0.05) is 62.8 Å². The van der Waals surface area contributed by atoms with E-state index in [0.717, 1.165) is 5.56 Å². The number of hydrogen-bond donors (Lipinski definition) is 5. The molecule has 5 unspecified atom stereocenters. The van der Waals surface area contributed by atoms with Gasteiger partial charge in [0.2, 0.25) is 0 Å². The van der Waals surface area contributed by atoms with E-state index < -0.39 is 117 Å². The number of likely N-dealkylation sites (N-methyl/N-ethyl adjacent to an activating group) is 1. The largest absolute Gasteiger partial charge is 0.394 e. The van der Waals surface area contributed by atoms with Gasteiger partial charge >= 0.3 is 0 Å². The summed E-state index contributed by atoms with van der Waals surface area (Å²) in [6.45, 7) is 1.35. The fourth-order valence-electron chi connectivity index (χ4n) is 8.15. The van der Waals surface area contributed by atoms with E-state index in [1.807, 2.05) is 44.3 Å². The Kier molecular flexibility index (Phi) is 17.2. The molecule has 3 aliphatic heterocycles. The lowest BCUT2D eigenvalue weighted by atomic mass is 9.84. The van der Waals surface area contributed by atoms with E-state index in [9.17, 15) is 47.7 Å². The van der Waals surface area contributed by atoms with Gasteiger partial charge in [-0.2, -0.15) is 0 Å². The van der Waals surface area contributed by atoms with Gasteiger partial charge in [0.25, 0.3) is 0 Å². The summed E-state index contributed by atoms with van der Waals surface area (Å²) >= 11 is 0. The molecule has 4 fully saturated rings. The van der Waals surface area contributed by atoms with Gasteiger partial charge in [-0.25, -0.2) is 0 Å². The molecule has 4 aliphatic rings. The molecule has 18 atom stereocenters. The number of aliphatic hydroxyl groups excluding tert-OH is 5. The maximum Gasteiger partial charge on any atom is 0.187 e. The van der Waals surface area contributed by atoms with Crippen molar-refractivity contribution in [2.24, 2.45) is 25.6 Å². The summed E-state index contributed by atoms with van der Waals surface area (Å²) in [7, 11) is 1.96. The molecule has 60 heavy (non-hydrogen) atoms. The van der Waals surface area contributed by atoms with E-state index in [1.165, 1.54) is 0 Å². The Morgan fingerprint density at radius 1 is 0.700 bits per heavy atom. The van der Waals surface area contributed by atoms with Crippen LogP contribution in [0.15, 0.2) is 55.9 Å². The zero-order chi connectivity index (χ0) is 43.3. The van der Waals surface area contributed by atoms with Gasteiger partial charge in [0.1, 0.15) is 36.6 Å². The highest BCUT2D eigenvalue weighted by atomic mass is 16.8. The molecule has 27 nitrogen and oxygen atoms in total. The minimum atomic E-state index is -1.83. The Morgan fingerprint density at radius 2 is 1.33 bits per heavy atom. The van der Waals surface area contributed by atoms with Crippen molar-refractivity contribution in [1.82, 2.24) is 4.90 Å². The van der Waals surface area contributed by atoms with Crippen LogP contribution in [0.4, 0.5) is 0 Å². The van der Waals surface area contributed by atoms with Gasteiger partial charge in [-0.05, 0) is 66.0 Å². The lowest BCUT2D eigenvalue weighted by molar-refractivity contribution is -0.292. The van der Waals surface area contributed by atoms with Crippen molar-refractivity contribution < 1.29 is 54.0 Å². The molecule has 0 spiro atoms. The Balaban J connectivity index is 1.42. The van der Waals surface area contributed by atoms with Crippen molar-refractivity contribution in [2.45, 2.75) is 149 Å². The Bertz CT molecular complexity index is 1810. The summed E-state index contributed by atoms with van der Waals surface area (Å²) in [4.78, 5) is 16.2. The number of ether oxygens (including phenoxy) is 6. The molecule has 1 aliphatic carbocycles. The zero-order valence-electron chi connectivity index (χ0n) is 32.6. The second kappa shape index (κ2) is 22.2. The van der Waals surface area contributed by atoms with Crippen LogP contribution in [-0.2, 0) is 35.0 Å². The standard InChI is InChI=1S/C33H48N16O11/c1-3-19(49(2)13-15-7-5-4-6-8-15)20-10-9-16(40-45-35)31(55-20)58-28-18(42-47-37)11-17(41-46-36)24(51)30(28)60-33-27(54)29(22(14-50)57-33)59-32-23(43-48-38)26(53)25(52)21(56-32)12-39-44-34/h4-8,16-33,50-54H,3,9-14H2,1-2H3/t16?,17?,18?,19-,20+,21+,22-,23?,24+,25-,26-,27-,28-,29-,30-,31?,32-,33+/m1/s1. The number of benzene rings is 1. The smallest absolute Gasteiger partial charge is 0.187 e. The fraction of sp³-hybridized carbons (Fsp3) is 0.818. The Hall–Kier alpha value is -4.71. The molecular weight excluding hydrogens is 796 g/mol. The summed E-state index contributed by atoms with van der Waals surface area (Å²) in [6.07, 6.45) is -18.2. The highest BCUT2D eigenvalue weighted by Gasteiger charge is 2.55. The summed E-state index contributed by atoms with van der Waals surface area (Å²) < 4.78 is 36.6. The summed E-state index contributed by atoms with van der Waals surface area (Å²) in [5.41, 5.74) is 47.5. The Labute approximate surface area is 341 Å². The van der Waals surface area contributed by atoms with E-state index >= 15 is 0 Å². The maximum absolute atomic E-state index is 11.6. The number of aliphatic hydroxyl groups is 5. The van der Waals surface area contributed by atoms with E-state index in [-0.39, 0.29) is 12.5 Å². The minimum Gasteiger partial charge on any atom is -0.394 e. The second-order valence-corrected chi connectivity index (χ2v) is 14.7. The lowest BCUT2D eigenvalue weighted by Crippen LogP contribution is -2.61. The number of hydrogen-bond acceptors (Lipinski definition) is 17. The van der Waals surface area contributed by atoms with Crippen LogP contribution in [0.5, 0.6) is 0 Å². The fourth-order valence-corrected chi connectivity index (χ4v) is 8.15. The quantitative estimate of drug-likeness (QED) is 0.0809. The van der Waals surface area contributed by atoms with Crippen LogP contribution in [0.25, 0.3) is 52.2 Å². The topological polar surface area (TPSA) is 404 Å². The van der Waals surface area contributed by atoms with Crippen LogP contribution in [0.3, 0.4) is 0 Å². The summed E-state index contributed by atoms with van der Waals surface area (Å²) in [6, 6.07) is 4.77. The van der Waals surface area contributed by atoms with E-state index in [1.54, 1.807) is 0 Å². The van der Waals surface area contributed by atoms with Gasteiger partial charge in [-0.3, -0.25) is 4.90 Å². The highest BCUT2D eigenvalue weighted by Crippen LogP contribution is 2.38. The minimum absolute atomic E-state index is 0.130. The van der Waals surface area contributed by atoms with Gasteiger partial charge in [0, 0.05) is 37.1 Å². The van der Waals surface area contributed by atoms with Gasteiger partial charge in [0.05, 0.1) is 61.8 Å².